The van der Waals surface area contributed by atoms with Crippen LogP contribution < -0.4 is 9.62 Å². The van der Waals surface area contributed by atoms with Gasteiger partial charge in [-0.15, -0.1) is 0 Å². The Morgan fingerprint density at radius 3 is 2.20 bits per heavy atom. The molecule has 0 saturated carbocycles. The second-order valence-electron chi connectivity index (χ2n) is 10.4. The maximum atomic E-state index is 14.1. The molecular weight excluding hydrogens is 522 g/mol. The van der Waals surface area contributed by atoms with Gasteiger partial charge >= 0.3 is 0 Å². The van der Waals surface area contributed by atoms with E-state index in [0.717, 1.165) is 51.2 Å². The maximum Gasteiger partial charge on any atom is 0.244 e. The highest BCUT2D eigenvalue weighted by Crippen LogP contribution is 2.23. The van der Waals surface area contributed by atoms with Crippen LogP contribution in [-0.2, 0) is 32.6 Å². The third-order valence-electron chi connectivity index (χ3n) is 6.99. The Kier molecular flexibility index (Phi) is 10.9. The highest BCUT2D eigenvalue weighted by atomic mass is 32.2. The largest absolute Gasteiger partial charge is 0.354 e. The van der Waals surface area contributed by atoms with Crippen molar-refractivity contribution >= 4 is 27.5 Å². The summed E-state index contributed by atoms with van der Waals surface area (Å²) >= 11 is 0. The number of rotatable bonds is 13. The zero-order valence-electron chi connectivity index (χ0n) is 24.2. The number of nitrogens with one attached hydrogen (secondary N) is 1. The van der Waals surface area contributed by atoms with Crippen molar-refractivity contribution in [1.82, 2.24) is 10.2 Å². The van der Waals surface area contributed by atoms with Crippen LogP contribution in [0, 0.1) is 20.8 Å². The molecule has 0 saturated heterocycles. The van der Waals surface area contributed by atoms with E-state index >= 15 is 0 Å². The molecular formula is C32H41N3O4S. The Balaban J connectivity index is 2.04. The van der Waals surface area contributed by atoms with Crippen molar-refractivity contribution in [1.29, 1.82) is 0 Å². The molecule has 0 aliphatic rings. The Morgan fingerprint density at radius 1 is 0.875 bits per heavy atom. The molecule has 0 aliphatic carbocycles. The number of hydrogen-bond acceptors (Lipinski definition) is 4. The fraction of sp³-hybridized carbons (Fsp3) is 0.375. The van der Waals surface area contributed by atoms with Gasteiger partial charge in [0.1, 0.15) is 12.6 Å². The topological polar surface area (TPSA) is 86.8 Å². The SMILES string of the molecule is CCCCNC(=O)[C@@H](Cc1ccccc1)N(Cc1cccc(C)c1)C(=O)CN(c1ccc(C)c(C)c1)S(C)(=O)=O. The monoisotopic (exact) mass is 563 g/mol. The Bertz CT molecular complexity index is 1410. The minimum atomic E-state index is -3.79. The fourth-order valence-electron chi connectivity index (χ4n) is 4.56. The van der Waals surface area contributed by atoms with Gasteiger partial charge in [-0.25, -0.2) is 8.42 Å². The molecule has 8 heteroatoms. The number of amides is 2. The molecule has 0 radical (unpaired) electrons. The number of nitrogens with zero attached hydrogens (tertiary/aromatic N) is 2. The van der Waals surface area contributed by atoms with E-state index in [0.29, 0.717) is 18.7 Å². The van der Waals surface area contributed by atoms with E-state index in [1.165, 1.54) is 4.90 Å². The van der Waals surface area contributed by atoms with Gasteiger partial charge in [-0.1, -0.05) is 79.6 Å². The van der Waals surface area contributed by atoms with Gasteiger partial charge in [0.2, 0.25) is 21.8 Å². The summed E-state index contributed by atoms with van der Waals surface area (Å²) in [6.07, 6.45) is 3.15. The van der Waals surface area contributed by atoms with E-state index in [1.54, 1.807) is 12.1 Å². The standard InChI is InChI=1S/C32H41N3O4S/c1-6-7-18-33-32(37)30(21-27-13-9-8-10-14-27)34(22-28-15-11-12-24(2)19-28)31(36)23-35(40(5,38)39)29-17-16-25(3)26(4)20-29/h8-17,19-20,30H,6-7,18,21-23H2,1-5H3,(H,33,37)/t30-/m1/s1. The smallest absolute Gasteiger partial charge is 0.244 e. The fourth-order valence-corrected chi connectivity index (χ4v) is 5.40. The lowest BCUT2D eigenvalue weighted by Crippen LogP contribution is -2.53. The second-order valence-corrected chi connectivity index (χ2v) is 12.3. The van der Waals surface area contributed by atoms with Gasteiger partial charge < -0.3 is 10.2 Å². The van der Waals surface area contributed by atoms with Crippen LogP contribution >= 0.6 is 0 Å². The lowest BCUT2D eigenvalue weighted by Gasteiger charge is -2.33. The summed E-state index contributed by atoms with van der Waals surface area (Å²) in [7, 11) is -3.79. The van der Waals surface area contributed by atoms with Crippen molar-refractivity contribution in [3.05, 3.63) is 101 Å². The molecule has 3 aromatic rings. The number of unbranched alkanes of at least 4 members (excludes halogenated alkanes) is 1. The van der Waals surface area contributed by atoms with Crippen LogP contribution in [0.5, 0.6) is 0 Å². The number of aryl methyl sites for hydroxylation is 3. The minimum absolute atomic E-state index is 0.170. The van der Waals surface area contributed by atoms with Gasteiger partial charge in [0, 0.05) is 19.5 Å². The number of carbonyl (C=O) groups excluding carboxylic acids is 2. The van der Waals surface area contributed by atoms with Crippen molar-refractivity contribution in [2.45, 2.75) is 59.5 Å². The molecule has 3 aromatic carbocycles. The average molecular weight is 564 g/mol. The van der Waals surface area contributed by atoms with E-state index in [1.807, 2.05) is 88.4 Å². The van der Waals surface area contributed by atoms with Crippen molar-refractivity contribution in [3.63, 3.8) is 0 Å². The van der Waals surface area contributed by atoms with Gasteiger partial charge in [0.25, 0.3) is 0 Å². The van der Waals surface area contributed by atoms with E-state index in [9.17, 15) is 18.0 Å². The summed E-state index contributed by atoms with van der Waals surface area (Å²) in [5, 5.41) is 3.00. The number of hydrogen-bond donors (Lipinski definition) is 1. The molecule has 3 rings (SSSR count). The van der Waals surface area contributed by atoms with Crippen molar-refractivity contribution in [2.75, 3.05) is 23.7 Å². The van der Waals surface area contributed by atoms with Gasteiger partial charge in [0.05, 0.1) is 11.9 Å². The van der Waals surface area contributed by atoms with Gasteiger partial charge in [-0.2, -0.15) is 0 Å². The molecule has 0 aliphatic heterocycles. The lowest BCUT2D eigenvalue weighted by molar-refractivity contribution is -0.140. The van der Waals surface area contributed by atoms with E-state index in [-0.39, 0.29) is 12.5 Å². The Morgan fingerprint density at radius 2 is 1.57 bits per heavy atom. The molecule has 214 valence electrons. The first-order chi connectivity index (χ1) is 19.0. The van der Waals surface area contributed by atoms with Crippen LogP contribution in [0.2, 0.25) is 0 Å². The first kappa shape index (κ1) is 30.9. The zero-order valence-corrected chi connectivity index (χ0v) is 25.0. The third kappa shape index (κ3) is 8.68. The molecule has 0 unspecified atom stereocenters. The Hall–Kier alpha value is -3.65. The lowest BCUT2D eigenvalue weighted by atomic mass is 10.0. The first-order valence-corrected chi connectivity index (χ1v) is 15.6. The van der Waals surface area contributed by atoms with Crippen LogP contribution in [0.1, 0.15) is 47.6 Å². The molecule has 0 spiro atoms. The number of carbonyl (C=O) groups is 2. The van der Waals surface area contributed by atoms with Crippen LogP contribution in [0.3, 0.4) is 0 Å². The minimum Gasteiger partial charge on any atom is -0.354 e. The summed E-state index contributed by atoms with van der Waals surface area (Å²) in [6.45, 7) is 8.13. The van der Waals surface area contributed by atoms with Crippen LogP contribution in [0.15, 0.2) is 72.8 Å². The van der Waals surface area contributed by atoms with Crippen molar-refractivity contribution in [2.24, 2.45) is 0 Å². The normalized spacial score (nSPS) is 12.0. The van der Waals surface area contributed by atoms with Gasteiger partial charge in [0.15, 0.2) is 0 Å². The van der Waals surface area contributed by atoms with Crippen molar-refractivity contribution < 1.29 is 18.0 Å². The summed E-state index contributed by atoms with van der Waals surface area (Å²) in [6, 6.07) is 21.9. The van der Waals surface area contributed by atoms with Gasteiger partial charge in [-0.05, 0) is 61.6 Å². The molecule has 7 nitrogen and oxygen atoms in total. The van der Waals surface area contributed by atoms with Crippen molar-refractivity contribution in [3.8, 4) is 0 Å². The number of benzene rings is 3. The molecule has 2 amide bonds. The predicted molar refractivity (Wildman–Crippen MR) is 162 cm³/mol. The third-order valence-corrected chi connectivity index (χ3v) is 8.13. The maximum absolute atomic E-state index is 14.1. The van der Waals surface area contributed by atoms with Crippen LogP contribution in [-0.4, -0.2) is 50.5 Å². The summed E-state index contributed by atoms with van der Waals surface area (Å²) in [5.41, 5.74) is 5.18. The molecule has 40 heavy (non-hydrogen) atoms. The zero-order chi connectivity index (χ0) is 29.3. The summed E-state index contributed by atoms with van der Waals surface area (Å²) in [4.78, 5) is 29.3. The molecule has 0 bridgehead atoms. The Labute approximate surface area is 239 Å². The predicted octanol–water partition coefficient (Wildman–Crippen LogP) is 4.93. The van der Waals surface area contributed by atoms with E-state index in [4.69, 9.17) is 0 Å². The second kappa shape index (κ2) is 14.1. The molecule has 0 fully saturated rings. The van der Waals surface area contributed by atoms with Crippen LogP contribution in [0.25, 0.3) is 0 Å². The summed E-state index contributed by atoms with van der Waals surface area (Å²) < 4.78 is 27.0. The highest BCUT2D eigenvalue weighted by molar-refractivity contribution is 7.92. The average Bonchev–Trinajstić information content (AvgIpc) is 2.91. The number of sulfonamides is 1. The molecule has 1 N–H and O–H groups in total. The highest BCUT2D eigenvalue weighted by Gasteiger charge is 2.33. The molecule has 0 heterocycles. The first-order valence-electron chi connectivity index (χ1n) is 13.7. The van der Waals surface area contributed by atoms with E-state index in [2.05, 4.69) is 5.32 Å². The van der Waals surface area contributed by atoms with Crippen LogP contribution in [0.4, 0.5) is 5.69 Å². The quantitative estimate of drug-likeness (QED) is 0.299. The van der Waals surface area contributed by atoms with E-state index < -0.39 is 28.5 Å². The summed E-state index contributed by atoms with van der Waals surface area (Å²) in [5.74, 6) is -0.702. The number of anilines is 1. The molecule has 1 atom stereocenters. The van der Waals surface area contributed by atoms with Gasteiger partial charge in [-0.3, -0.25) is 13.9 Å². The molecule has 0 aromatic heterocycles.